The first-order chi connectivity index (χ1) is 8.38. The molecule has 3 nitrogen and oxygen atoms in total. The number of ether oxygens (including phenoxy) is 1. The van der Waals surface area contributed by atoms with E-state index in [1.165, 1.54) is 0 Å². The number of hydrogen-bond acceptors (Lipinski definition) is 3. The molecule has 88 valence electrons. The van der Waals surface area contributed by atoms with Gasteiger partial charge in [0, 0.05) is 24.5 Å². The molecule has 1 N–H and O–H groups in total. The summed E-state index contributed by atoms with van der Waals surface area (Å²) in [6.45, 7) is 0.879. The van der Waals surface area contributed by atoms with Gasteiger partial charge in [0.2, 0.25) is 0 Å². The zero-order valence-electron chi connectivity index (χ0n) is 9.54. The van der Waals surface area contributed by atoms with Gasteiger partial charge in [0.25, 0.3) is 0 Å². The number of aliphatic hydroxyl groups is 1. The van der Waals surface area contributed by atoms with Crippen LogP contribution in [0.4, 0.5) is 0 Å². The molecular weight excluding hydrogens is 214 g/mol. The van der Waals surface area contributed by atoms with Crippen molar-refractivity contribution >= 4 is 10.9 Å². The van der Waals surface area contributed by atoms with E-state index in [4.69, 9.17) is 4.74 Å². The number of rotatable bonds is 2. The number of benzene rings is 1. The van der Waals surface area contributed by atoms with Crippen molar-refractivity contribution in [2.75, 3.05) is 13.2 Å². The van der Waals surface area contributed by atoms with E-state index in [0.29, 0.717) is 6.61 Å². The van der Waals surface area contributed by atoms with E-state index in [9.17, 15) is 5.11 Å². The van der Waals surface area contributed by atoms with Crippen LogP contribution in [0.3, 0.4) is 0 Å². The summed E-state index contributed by atoms with van der Waals surface area (Å²) in [7, 11) is 0. The Labute approximate surface area is 100 Å². The Morgan fingerprint density at radius 3 is 3.00 bits per heavy atom. The van der Waals surface area contributed by atoms with Crippen molar-refractivity contribution in [2.45, 2.75) is 12.5 Å². The quantitative estimate of drug-likeness (QED) is 0.859. The summed E-state index contributed by atoms with van der Waals surface area (Å²) in [6, 6.07) is 12.1. The number of aromatic nitrogens is 1. The molecule has 0 spiro atoms. The number of pyridine rings is 1. The van der Waals surface area contributed by atoms with Crippen LogP contribution in [-0.4, -0.2) is 23.3 Å². The molecule has 0 bridgehead atoms. The van der Waals surface area contributed by atoms with E-state index in [2.05, 4.69) is 11.1 Å². The lowest BCUT2D eigenvalue weighted by Gasteiger charge is -2.16. The second kappa shape index (κ2) is 4.43. The normalized spacial score (nSPS) is 24.3. The minimum Gasteiger partial charge on any atom is -0.396 e. The predicted molar refractivity (Wildman–Crippen MR) is 65.6 cm³/mol. The molecule has 1 aromatic heterocycles. The molecule has 1 aliphatic heterocycles. The van der Waals surface area contributed by atoms with Crippen LogP contribution in [0, 0.1) is 5.92 Å². The number of nitrogens with zero attached hydrogens (tertiary/aromatic N) is 1. The molecule has 0 radical (unpaired) electrons. The van der Waals surface area contributed by atoms with Gasteiger partial charge in [0.15, 0.2) is 0 Å². The molecule has 3 heteroatoms. The molecule has 17 heavy (non-hydrogen) atoms. The van der Waals surface area contributed by atoms with Gasteiger partial charge < -0.3 is 9.84 Å². The Balaban J connectivity index is 2.00. The Morgan fingerprint density at radius 2 is 2.12 bits per heavy atom. The van der Waals surface area contributed by atoms with Crippen molar-refractivity contribution in [3.05, 3.63) is 42.1 Å². The standard InChI is InChI=1S/C14H15NO2/c16-9-11-7-8-17-14(11)13-6-5-10-3-1-2-4-12(10)15-13/h1-6,11,14,16H,7-9H2. The van der Waals surface area contributed by atoms with Gasteiger partial charge in [0.05, 0.1) is 11.2 Å². The van der Waals surface area contributed by atoms with E-state index in [1.54, 1.807) is 0 Å². The summed E-state index contributed by atoms with van der Waals surface area (Å²) in [5, 5.41) is 10.4. The summed E-state index contributed by atoms with van der Waals surface area (Å²) in [4.78, 5) is 4.62. The molecular formula is C14H15NO2. The summed E-state index contributed by atoms with van der Waals surface area (Å²) >= 11 is 0. The average Bonchev–Trinajstić information content (AvgIpc) is 2.86. The highest BCUT2D eigenvalue weighted by atomic mass is 16.5. The van der Waals surface area contributed by atoms with Crippen molar-refractivity contribution in [3.8, 4) is 0 Å². The fraction of sp³-hybridized carbons (Fsp3) is 0.357. The maximum Gasteiger partial charge on any atom is 0.104 e. The second-order valence-electron chi connectivity index (χ2n) is 4.45. The molecule has 2 unspecified atom stereocenters. The van der Waals surface area contributed by atoms with Crippen LogP contribution in [0.15, 0.2) is 36.4 Å². The Kier molecular flexibility index (Phi) is 2.79. The highest BCUT2D eigenvalue weighted by Crippen LogP contribution is 2.33. The lowest BCUT2D eigenvalue weighted by molar-refractivity contribution is 0.0691. The van der Waals surface area contributed by atoms with Gasteiger partial charge in [-0.15, -0.1) is 0 Å². The zero-order valence-corrected chi connectivity index (χ0v) is 9.54. The van der Waals surface area contributed by atoms with E-state index in [0.717, 1.165) is 23.0 Å². The van der Waals surface area contributed by atoms with Gasteiger partial charge in [-0.3, -0.25) is 4.98 Å². The van der Waals surface area contributed by atoms with Gasteiger partial charge in [0.1, 0.15) is 6.10 Å². The zero-order chi connectivity index (χ0) is 11.7. The summed E-state index contributed by atoms with van der Waals surface area (Å²) in [5.41, 5.74) is 1.91. The van der Waals surface area contributed by atoms with Gasteiger partial charge in [-0.05, 0) is 18.6 Å². The summed E-state index contributed by atoms with van der Waals surface area (Å²) in [5.74, 6) is 0.184. The summed E-state index contributed by atoms with van der Waals surface area (Å²) in [6.07, 6.45) is 0.861. The van der Waals surface area contributed by atoms with Gasteiger partial charge in [-0.1, -0.05) is 24.3 Å². The fourth-order valence-corrected chi connectivity index (χ4v) is 2.39. The molecule has 2 atom stereocenters. The first-order valence-electron chi connectivity index (χ1n) is 5.96. The molecule has 0 aliphatic carbocycles. The van der Waals surface area contributed by atoms with E-state index in [-0.39, 0.29) is 18.6 Å². The number of aliphatic hydroxyl groups excluding tert-OH is 1. The third-order valence-corrected chi connectivity index (χ3v) is 3.36. The van der Waals surface area contributed by atoms with Crippen molar-refractivity contribution in [3.63, 3.8) is 0 Å². The largest absolute Gasteiger partial charge is 0.396 e. The van der Waals surface area contributed by atoms with Crippen molar-refractivity contribution in [1.29, 1.82) is 0 Å². The molecule has 1 aliphatic rings. The minimum absolute atomic E-state index is 0.0513. The minimum atomic E-state index is -0.0513. The van der Waals surface area contributed by atoms with Gasteiger partial charge in [-0.25, -0.2) is 0 Å². The average molecular weight is 229 g/mol. The molecule has 2 heterocycles. The summed E-state index contributed by atoms with van der Waals surface area (Å²) < 4.78 is 5.67. The second-order valence-corrected chi connectivity index (χ2v) is 4.45. The van der Waals surface area contributed by atoms with E-state index < -0.39 is 0 Å². The lowest BCUT2D eigenvalue weighted by atomic mass is 9.99. The number of fused-ring (bicyclic) bond motifs is 1. The Morgan fingerprint density at radius 1 is 1.24 bits per heavy atom. The van der Waals surface area contributed by atoms with Crippen LogP contribution in [0.2, 0.25) is 0 Å². The van der Waals surface area contributed by atoms with Gasteiger partial charge >= 0.3 is 0 Å². The van der Waals surface area contributed by atoms with Crippen molar-refractivity contribution in [1.82, 2.24) is 4.98 Å². The third kappa shape index (κ3) is 1.92. The maximum absolute atomic E-state index is 9.30. The molecule has 1 fully saturated rings. The topological polar surface area (TPSA) is 42.4 Å². The lowest BCUT2D eigenvalue weighted by Crippen LogP contribution is -2.12. The maximum atomic E-state index is 9.30. The Bertz CT molecular complexity index is 526. The molecule has 2 aromatic rings. The molecule has 1 aromatic carbocycles. The highest BCUT2D eigenvalue weighted by molar-refractivity contribution is 5.78. The van der Waals surface area contributed by atoms with Gasteiger partial charge in [-0.2, -0.15) is 0 Å². The van der Waals surface area contributed by atoms with Crippen LogP contribution in [0.1, 0.15) is 18.2 Å². The first-order valence-corrected chi connectivity index (χ1v) is 5.96. The van der Waals surface area contributed by atoms with Crippen LogP contribution in [0.5, 0.6) is 0 Å². The number of hydrogen-bond donors (Lipinski definition) is 1. The Hall–Kier alpha value is -1.45. The molecule has 3 rings (SSSR count). The van der Waals surface area contributed by atoms with Crippen LogP contribution >= 0.6 is 0 Å². The van der Waals surface area contributed by atoms with E-state index in [1.807, 2.05) is 30.3 Å². The molecule has 1 saturated heterocycles. The highest BCUT2D eigenvalue weighted by Gasteiger charge is 2.30. The van der Waals surface area contributed by atoms with Crippen LogP contribution < -0.4 is 0 Å². The molecule has 0 amide bonds. The third-order valence-electron chi connectivity index (χ3n) is 3.36. The number of para-hydroxylation sites is 1. The van der Waals surface area contributed by atoms with E-state index >= 15 is 0 Å². The van der Waals surface area contributed by atoms with Crippen LogP contribution in [-0.2, 0) is 4.74 Å². The fourth-order valence-electron chi connectivity index (χ4n) is 2.39. The monoisotopic (exact) mass is 229 g/mol. The van der Waals surface area contributed by atoms with Crippen molar-refractivity contribution < 1.29 is 9.84 Å². The molecule has 0 saturated carbocycles. The smallest absolute Gasteiger partial charge is 0.104 e. The van der Waals surface area contributed by atoms with Crippen LogP contribution in [0.25, 0.3) is 10.9 Å². The van der Waals surface area contributed by atoms with Crippen molar-refractivity contribution in [2.24, 2.45) is 5.92 Å². The predicted octanol–water partition coefficient (Wildman–Crippen LogP) is 2.30. The first kappa shape index (κ1) is 10.7. The SMILES string of the molecule is OCC1CCOC1c1ccc2ccccc2n1.